The molecule has 0 fully saturated rings. The highest BCUT2D eigenvalue weighted by Gasteiger charge is 2.14. The Kier molecular flexibility index (Phi) is 2.20. The Bertz CT molecular complexity index is 544. The summed E-state index contributed by atoms with van der Waals surface area (Å²) in [6.45, 7) is 13.3. The van der Waals surface area contributed by atoms with Gasteiger partial charge < -0.3 is 4.85 Å². The zero-order valence-corrected chi connectivity index (χ0v) is 9.15. The van der Waals surface area contributed by atoms with Gasteiger partial charge in [0.2, 0.25) is 0 Å². The molecule has 2 rings (SSSR count). The molecular formula is C12H13N3. The zero-order chi connectivity index (χ0) is 11.0. The number of rotatable bonds is 1. The Morgan fingerprint density at radius 2 is 2.13 bits per heavy atom. The van der Waals surface area contributed by atoms with Crippen LogP contribution in [0.2, 0.25) is 0 Å². The third-order valence-electron chi connectivity index (χ3n) is 2.44. The summed E-state index contributed by atoms with van der Waals surface area (Å²) >= 11 is 0. The van der Waals surface area contributed by atoms with Crippen molar-refractivity contribution in [1.29, 1.82) is 0 Å². The van der Waals surface area contributed by atoms with Gasteiger partial charge in [-0.15, -0.1) is 0 Å². The largest absolute Gasteiger partial charge is 0.358 e. The number of aromatic nitrogens is 2. The van der Waals surface area contributed by atoms with E-state index in [0.29, 0.717) is 5.82 Å². The van der Waals surface area contributed by atoms with Crippen molar-refractivity contribution in [2.24, 2.45) is 0 Å². The summed E-state index contributed by atoms with van der Waals surface area (Å²) in [6.07, 6.45) is 0. The SMILES string of the molecule is [C-]#[N+]c1nn(C(C)C)c2cc(C)ccc12. The van der Waals surface area contributed by atoms with Crippen molar-refractivity contribution in [3.8, 4) is 0 Å². The minimum absolute atomic E-state index is 0.282. The van der Waals surface area contributed by atoms with Crippen LogP contribution in [0.15, 0.2) is 18.2 Å². The van der Waals surface area contributed by atoms with Crippen molar-refractivity contribution in [2.75, 3.05) is 0 Å². The van der Waals surface area contributed by atoms with Crippen LogP contribution in [-0.4, -0.2) is 9.78 Å². The monoisotopic (exact) mass is 199 g/mol. The van der Waals surface area contributed by atoms with E-state index in [1.165, 1.54) is 5.56 Å². The summed E-state index contributed by atoms with van der Waals surface area (Å²) in [7, 11) is 0. The molecule has 0 spiro atoms. The number of hydrogen-bond acceptors (Lipinski definition) is 1. The first-order valence-corrected chi connectivity index (χ1v) is 5.00. The fourth-order valence-electron chi connectivity index (χ4n) is 1.71. The summed E-state index contributed by atoms with van der Waals surface area (Å²) in [5, 5.41) is 5.26. The fraction of sp³-hybridized carbons (Fsp3) is 0.333. The van der Waals surface area contributed by atoms with E-state index >= 15 is 0 Å². The molecular weight excluding hydrogens is 186 g/mol. The second-order valence-electron chi connectivity index (χ2n) is 3.99. The summed E-state index contributed by atoms with van der Waals surface area (Å²) in [4.78, 5) is 3.45. The van der Waals surface area contributed by atoms with Crippen LogP contribution in [0.1, 0.15) is 25.5 Å². The zero-order valence-electron chi connectivity index (χ0n) is 9.15. The van der Waals surface area contributed by atoms with Gasteiger partial charge in [-0.25, -0.2) is 0 Å². The van der Waals surface area contributed by atoms with Crippen LogP contribution in [-0.2, 0) is 0 Å². The van der Waals surface area contributed by atoms with E-state index in [0.717, 1.165) is 10.9 Å². The van der Waals surface area contributed by atoms with Crippen LogP contribution in [0.25, 0.3) is 15.7 Å². The molecule has 1 aromatic heterocycles. The number of fused-ring (bicyclic) bond motifs is 1. The maximum Gasteiger partial charge on any atom is 0.303 e. The lowest BCUT2D eigenvalue weighted by Crippen LogP contribution is -2.01. The fourth-order valence-corrected chi connectivity index (χ4v) is 1.71. The molecule has 0 aliphatic rings. The minimum Gasteiger partial charge on any atom is -0.358 e. The van der Waals surface area contributed by atoms with Gasteiger partial charge in [0.25, 0.3) is 0 Å². The normalized spacial score (nSPS) is 10.9. The van der Waals surface area contributed by atoms with E-state index in [4.69, 9.17) is 6.57 Å². The standard InChI is InChI=1S/C12H13N3/c1-8(2)15-11-7-9(3)5-6-10(11)12(13-4)14-15/h5-8H,1-3H3. The van der Waals surface area contributed by atoms with Crippen molar-refractivity contribution in [3.05, 3.63) is 35.2 Å². The molecule has 0 unspecified atom stereocenters. The Morgan fingerprint density at radius 3 is 2.73 bits per heavy atom. The van der Waals surface area contributed by atoms with E-state index in [-0.39, 0.29) is 6.04 Å². The first-order valence-electron chi connectivity index (χ1n) is 5.00. The predicted molar refractivity (Wildman–Crippen MR) is 61.1 cm³/mol. The van der Waals surface area contributed by atoms with Crippen molar-refractivity contribution in [1.82, 2.24) is 9.78 Å². The maximum atomic E-state index is 7.08. The van der Waals surface area contributed by atoms with Crippen LogP contribution < -0.4 is 0 Å². The van der Waals surface area contributed by atoms with Crippen LogP contribution in [0.4, 0.5) is 5.82 Å². The van der Waals surface area contributed by atoms with Crippen LogP contribution >= 0.6 is 0 Å². The lowest BCUT2D eigenvalue weighted by atomic mass is 10.2. The molecule has 0 saturated carbocycles. The Labute approximate surface area is 89.1 Å². The lowest BCUT2D eigenvalue weighted by molar-refractivity contribution is 0.553. The second kappa shape index (κ2) is 3.39. The van der Waals surface area contributed by atoms with Gasteiger partial charge in [-0.2, -0.15) is 4.68 Å². The molecule has 2 aromatic rings. The average molecular weight is 199 g/mol. The lowest BCUT2D eigenvalue weighted by Gasteiger charge is -2.03. The molecule has 1 heterocycles. The summed E-state index contributed by atoms with van der Waals surface area (Å²) in [5.74, 6) is 0.499. The molecule has 0 radical (unpaired) electrons. The average Bonchev–Trinajstić information content (AvgIpc) is 2.55. The van der Waals surface area contributed by atoms with Gasteiger partial charge in [0.1, 0.15) is 0 Å². The Balaban J connectivity index is 2.83. The molecule has 1 aromatic carbocycles. The Hall–Kier alpha value is -1.82. The first kappa shape index (κ1) is 9.72. The van der Waals surface area contributed by atoms with Gasteiger partial charge in [-0.3, -0.25) is 0 Å². The molecule has 0 aliphatic carbocycles. The topological polar surface area (TPSA) is 22.2 Å². The quantitative estimate of drug-likeness (QED) is 0.644. The molecule has 0 aliphatic heterocycles. The highest BCUT2D eigenvalue weighted by molar-refractivity contribution is 5.91. The van der Waals surface area contributed by atoms with Crippen molar-refractivity contribution in [2.45, 2.75) is 26.8 Å². The van der Waals surface area contributed by atoms with E-state index in [1.807, 2.05) is 16.8 Å². The molecule has 0 amide bonds. The molecule has 0 atom stereocenters. The van der Waals surface area contributed by atoms with Crippen molar-refractivity contribution in [3.63, 3.8) is 0 Å². The molecule has 0 N–H and O–H groups in total. The van der Waals surface area contributed by atoms with E-state index < -0.39 is 0 Å². The van der Waals surface area contributed by atoms with Gasteiger partial charge in [0, 0.05) is 5.39 Å². The van der Waals surface area contributed by atoms with E-state index in [1.54, 1.807) is 0 Å². The number of hydrogen-bond donors (Lipinski definition) is 0. The molecule has 3 nitrogen and oxygen atoms in total. The van der Waals surface area contributed by atoms with E-state index in [9.17, 15) is 0 Å². The van der Waals surface area contributed by atoms with Gasteiger partial charge in [-0.05, 0) is 37.5 Å². The van der Waals surface area contributed by atoms with Crippen LogP contribution in [0.5, 0.6) is 0 Å². The predicted octanol–water partition coefficient (Wildman–Crippen LogP) is 3.48. The minimum atomic E-state index is 0.282. The van der Waals surface area contributed by atoms with E-state index in [2.05, 4.69) is 36.8 Å². The van der Waals surface area contributed by atoms with Crippen LogP contribution in [0.3, 0.4) is 0 Å². The second-order valence-corrected chi connectivity index (χ2v) is 3.99. The maximum absolute atomic E-state index is 7.08. The molecule has 15 heavy (non-hydrogen) atoms. The van der Waals surface area contributed by atoms with Gasteiger partial charge in [-0.1, -0.05) is 18.7 Å². The molecule has 0 bridgehead atoms. The first-order chi connectivity index (χ1) is 7.13. The van der Waals surface area contributed by atoms with Crippen molar-refractivity contribution < 1.29 is 0 Å². The Morgan fingerprint density at radius 1 is 1.40 bits per heavy atom. The summed E-state index contributed by atoms with van der Waals surface area (Å²) in [5.41, 5.74) is 2.25. The smallest absolute Gasteiger partial charge is 0.303 e. The number of benzene rings is 1. The van der Waals surface area contributed by atoms with Crippen molar-refractivity contribution >= 4 is 16.7 Å². The summed E-state index contributed by atoms with van der Waals surface area (Å²) < 4.78 is 1.91. The molecule has 3 heteroatoms. The highest BCUT2D eigenvalue weighted by Crippen LogP contribution is 2.28. The molecule has 76 valence electrons. The third kappa shape index (κ3) is 1.48. The highest BCUT2D eigenvalue weighted by atomic mass is 15.3. The summed E-state index contributed by atoms with van der Waals surface area (Å²) in [6, 6.07) is 6.36. The van der Waals surface area contributed by atoms with Crippen LogP contribution in [0, 0.1) is 13.5 Å². The number of aryl methyl sites for hydroxylation is 1. The van der Waals surface area contributed by atoms with Gasteiger partial charge >= 0.3 is 5.82 Å². The van der Waals surface area contributed by atoms with Gasteiger partial charge in [0.05, 0.1) is 11.6 Å². The van der Waals surface area contributed by atoms with Gasteiger partial charge in [0.15, 0.2) is 0 Å². The molecule has 0 saturated heterocycles. The third-order valence-corrected chi connectivity index (χ3v) is 2.44. The number of nitrogens with zero attached hydrogens (tertiary/aromatic N) is 3.